The smallest absolute Gasteiger partial charge is 0.131 e. The Kier molecular flexibility index (Phi) is 3.47. The van der Waals surface area contributed by atoms with Gasteiger partial charge in [-0.2, -0.15) is 0 Å². The zero-order valence-corrected chi connectivity index (χ0v) is 13.5. The minimum atomic E-state index is 0.138. The van der Waals surface area contributed by atoms with Gasteiger partial charge < -0.3 is 14.6 Å². The Morgan fingerprint density at radius 2 is 2.26 bits per heavy atom. The van der Waals surface area contributed by atoms with Gasteiger partial charge in [0.15, 0.2) is 0 Å². The number of rotatable bonds is 3. The van der Waals surface area contributed by atoms with Crippen LogP contribution in [0.5, 0.6) is 0 Å². The second kappa shape index (κ2) is 5.51. The molecule has 1 fully saturated rings. The number of fused-ring (bicyclic) bond motifs is 1. The van der Waals surface area contributed by atoms with Crippen LogP contribution in [0.3, 0.4) is 0 Å². The second-order valence-electron chi connectivity index (χ2n) is 5.88. The van der Waals surface area contributed by atoms with Crippen molar-refractivity contribution >= 4 is 28.3 Å². The molecule has 1 N–H and O–H groups in total. The third kappa shape index (κ3) is 2.28. The summed E-state index contributed by atoms with van der Waals surface area (Å²) in [7, 11) is 0. The topological polar surface area (TPSA) is 54.2 Å². The van der Waals surface area contributed by atoms with Gasteiger partial charge in [0.1, 0.15) is 5.82 Å². The molecule has 1 aliphatic heterocycles. The van der Waals surface area contributed by atoms with E-state index in [1.54, 1.807) is 12.5 Å². The van der Waals surface area contributed by atoms with E-state index in [4.69, 9.17) is 16.6 Å². The van der Waals surface area contributed by atoms with Crippen LogP contribution in [0.15, 0.2) is 36.9 Å². The fourth-order valence-corrected chi connectivity index (χ4v) is 3.23. The Morgan fingerprint density at radius 1 is 1.39 bits per heavy atom. The lowest BCUT2D eigenvalue weighted by Crippen LogP contribution is -2.50. The molecule has 6 heteroatoms. The molecule has 23 heavy (non-hydrogen) atoms. The fraction of sp³-hybridized carbons (Fsp3) is 0.294. The first kappa shape index (κ1) is 14.5. The number of aryl methyl sites for hydroxylation is 1. The molecule has 3 heterocycles. The third-order valence-corrected chi connectivity index (χ3v) is 4.99. The summed E-state index contributed by atoms with van der Waals surface area (Å²) in [5.41, 5.74) is 2.78. The van der Waals surface area contributed by atoms with E-state index in [9.17, 15) is 5.11 Å². The standard InChI is InChI=1S/C17H17ClN4O/c1-11-2-3-13-14(21-7-5-19-10-21)8-15(20-17(13)16(11)18)22-6-4-12(22)9-23/h2-3,5,7-8,10,12,23H,4,6,9H2,1H3/t12-/m0/s1. The van der Waals surface area contributed by atoms with Gasteiger partial charge in [0.05, 0.1) is 35.2 Å². The van der Waals surface area contributed by atoms with Gasteiger partial charge in [-0.3, -0.25) is 0 Å². The Hall–Kier alpha value is -2.11. The normalized spacial score (nSPS) is 17.5. The average molecular weight is 329 g/mol. The lowest BCUT2D eigenvalue weighted by molar-refractivity contribution is 0.225. The number of anilines is 1. The predicted octanol–water partition coefficient (Wildman–Crippen LogP) is 2.95. The van der Waals surface area contributed by atoms with E-state index in [2.05, 4.69) is 9.88 Å². The SMILES string of the molecule is Cc1ccc2c(-n3ccnc3)cc(N3CC[C@H]3CO)nc2c1Cl. The van der Waals surface area contributed by atoms with Gasteiger partial charge >= 0.3 is 0 Å². The summed E-state index contributed by atoms with van der Waals surface area (Å²) in [6, 6.07) is 6.23. The highest BCUT2D eigenvalue weighted by atomic mass is 35.5. The first-order chi connectivity index (χ1) is 11.2. The highest BCUT2D eigenvalue weighted by Gasteiger charge is 2.29. The summed E-state index contributed by atoms with van der Waals surface area (Å²) in [5.74, 6) is 0.846. The highest BCUT2D eigenvalue weighted by molar-refractivity contribution is 6.36. The Bertz CT molecular complexity index is 861. The van der Waals surface area contributed by atoms with Gasteiger partial charge in [-0.1, -0.05) is 23.7 Å². The van der Waals surface area contributed by atoms with Crippen molar-refractivity contribution < 1.29 is 5.11 Å². The van der Waals surface area contributed by atoms with Gasteiger partial charge in [-0.15, -0.1) is 0 Å². The molecule has 1 atom stereocenters. The predicted molar refractivity (Wildman–Crippen MR) is 91.4 cm³/mol. The summed E-state index contributed by atoms with van der Waals surface area (Å²) in [6.07, 6.45) is 6.41. The molecule has 5 nitrogen and oxygen atoms in total. The number of halogens is 1. The van der Waals surface area contributed by atoms with Gasteiger partial charge in [-0.05, 0) is 18.9 Å². The van der Waals surface area contributed by atoms with Crippen molar-refractivity contribution in [1.82, 2.24) is 14.5 Å². The molecule has 118 valence electrons. The molecule has 0 bridgehead atoms. The van der Waals surface area contributed by atoms with E-state index < -0.39 is 0 Å². The van der Waals surface area contributed by atoms with E-state index in [1.807, 2.05) is 35.9 Å². The summed E-state index contributed by atoms with van der Waals surface area (Å²) in [5, 5.41) is 11.1. The molecule has 3 aromatic rings. The molecular weight excluding hydrogens is 312 g/mol. The van der Waals surface area contributed by atoms with Crippen LogP contribution in [-0.2, 0) is 0 Å². The minimum absolute atomic E-state index is 0.138. The van der Waals surface area contributed by atoms with Crippen molar-refractivity contribution in [2.45, 2.75) is 19.4 Å². The first-order valence-electron chi connectivity index (χ1n) is 7.64. The van der Waals surface area contributed by atoms with Crippen molar-refractivity contribution in [1.29, 1.82) is 0 Å². The maximum atomic E-state index is 9.47. The van der Waals surface area contributed by atoms with Crippen molar-refractivity contribution in [3.05, 3.63) is 47.5 Å². The zero-order chi connectivity index (χ0) is 16.0. The Balaban J connectivity index is 1.97. The summed E-state index contributed by atoms with van der Waals surface area (Å²) in [4.78, 5) is 11.0. The van der Waals surface area contributed by atoms with Crippen molar-refractivity contribution in [2.75, 3.05) is 18.1 Å². The quantitative estimate of drug-likeness (QED) is 0.803. The number of benzene rings is 1. The molecule has 4 rings (SSSR count). The Morgan fingerprint density at radius 3 is 2.91 bits per heavy atom. The molecular formula is C17H17ClN4O. The highest BCUT2D eigenvalue weighted by Crippen LogP contribution is 2.34. The number of imidazole rings is 1. The summed E-state index contributed by atoms with van der Waals surface area (Å²) in [6.45, 7) is 3.02. The maximum Gasteiger partial charge on any atom is 0.131 e. The molecule has 0 aliphatic carbocycles. The van der Waals surface area contributed by atoms with Gasteiger partial charge in [-0.25, -0.2) is 9.97 Å². The van der Waals surface area contributed by atoms with Crippen LogP contribution in [0.25, 0.3) is 16.6 Å². The number of aliphatic hydroxyl groups excluding tert-OH is 1. The number of hydrogen-bond acceptors (Lipinski definition) is 4. The van der Waals surface area contributed by atoms with Crippen LogP contribution in [0.4, 0.5) is 5.82 Å². The van der Waals surface area contributed by atoms with Crippen LogP contribution in [0, 0.1) is 6.92 Å². The van der Waals surface area contributed by atoms with Crippen LogP contribution < -0.4 is 4.90 Å². The summed E-state index contributed by atoms with van der Waals surface area (Å²) >= 11 is 6.51. The molecule has 0 unspecified atom stereocenters. The minimum Gasteiger partial charge on any atom is -0.394 e. The lowest BCUT2D eigenvalue weighted by Gasteiger charge is -2.41. The number of hydrogen-bond donors (Lipinski definition) is 1. The molecule has 2 aromatic heterocycles. The first-order valence-corrected chi connectivity index (χ1v) is 8.02. The van der Waals surface area contributed by atoms with Crippen molar-refractivity contribution in [3.63, 3.8) is 0 Å². The third-order valence-electron chi connectivity index (χ3n) is 4.51. The van der Waals surface area contributed by atoms with Crippen molar-refractivity contribution in [3.8, 4) is 5.69 Å². The molecule has 1 aromatic carbocycles. The Labute approximate surface area is 139 Å². The molecule has 0 amide bonds. The number of nitrogens with zero attached hydrogens (tertiary/aromatic N) is 4. The summed E-state index contributed by atoms with van der Waals surface area (Å²) < 4.78 is 1.97. The van der Waals surface area contributed by atoms with Crippen LogP contribution in [0.1, 0.15) is 12.0 Å². The fourth-order valence-electron chi connectivity index (χ4n) is 3.02. The molecule has 1 aliphatic rings. The van der Waals surface area contributed by atoms with Gasteiger partial charge in [0.25, 0.3) is 0 Å². The van der Waals surface area contributed by atoms with E-state index in [-0.39, 0.29) is 12.6 Å². The maximum absolute atomic E-state index is 9.47. The average Bonchev–Trinajstić information content (AvgIpc) is 3.04. The van der Waals surface area contributed by atoms with E-state index in [1.165, 1.54) is 0 Å². The molecule has 0 saturated carbocycles. The van der Waals surface area contributed by atoms with Crippen molar-refractivity contribution in [2.24, 2.45) is 0 Å². The van der Waals surface area contributed by atoms with E-state index >= 15 is 0 Å². The molecule has 1 saturated heterocycles. The molecule has 0 radical (unpaired) electrons. The van der Waals surface area contributed by atoms with E-state index in [0.717, 1.165) is 40.9 Å². The van der Waals surface area contributed by atoms with Crippen LogP contribution in [0.2, 0.25) is 5.02 Å². The zero-order valence-electron chi connectivity index (χ0n) is 12.8. The van der Waals surface area contributed by atoms with E-state index in [0.29, 0.717) is 5.02 Å². The van der Waals surface area contributed by atoms with Crippen LogP contribution >= 0.6 is 11.6 Å². The second-order valence-corrected chi connectivity index (χ2v) is 6.26. The molecule has 0 spiro atoms. The monoisotopic (exact) mass is 328 g/mol. The lowest BCUT2D eigenvalue weighted by atomic mass is 10.0. The number of aromatic nitrogens is 3. The largest absolute Gasteiger partial charge is 0.394 e. The van der Waals surface area contributed by atoms with Gasteiger partial charge in [0, 0.05) is 30.4 Å². The van der Waals surface area contributed by atoms with Crippen LogP contribution in [-0.4, -0.2) is 38.8 Å². The van der Waals surface area contributed by atoms with Gasteiger partial charge in [0.2, 0.25) is 0 Å². The number of pyridine rings is 1. The number of aliphatic hydroxyl groups is 1.